The van der Waals surface area contributed by atoms with Gasteiger partial charge in [-0.15, -0.1) is 0 Å². The van der Waals surface area contributed by atoms with Crippen LogP contribution in [0.5, 0.6) is 0 Å². The zero-order chi connectivity index (χ0) is 20.5. The van der Waals surface area contributed by atoms with Crippen LogP contribution in [0.15, 0.2) is 0 Å². The van der Waals surface area contributed by atoms with E-state index in [9.17, 15) is 9.90 Å². The molecule has 1 rings (SSSR count). The van der Waals surface area contributed by atoms with Gasteiger partial charge in [-0.2, -0.15) is 0 Å². The smallest absolute Gasteiger partial charge is 0.412 e. The second kappa shape index (κ2) is 8.19. The fourth-order valence-corrected chi connectivity index (χ4v) is 10.1. The van der Waals surface area contributed by atoms with E-state index in [0.717, 1.165) is 6.42 Å². The van der Waals surface area contributed by atoms with Gasteiger partial charge in [0.15, 0.2) is 8.32 Å². The molecule has 0 radical (unpaired) electrons. The monoisotopic (exact) mass is 387 g/mol. The zero-order valence-electron chi connectivity index (χ0n) is 18.5. The first kappa shape index (κ1) is 23.4. The Labute approximate surface area is 161 Å². The van der Waals surface area contributed by atoms with Gasteiger partial charge in [0.25, 0.3) is 0 Å². The van der Waals surface area contributed by atoms with Crippen molar-refractivity contribution in [2.75, 3.05) is 6.61 Å². The molecule has 5 nitrogen and oxygen atoms in total. The predicted molar refractivity (Wildman–Crippen MR) is 109 cm³/mol. The molecule has 26 heavy (non-hydrogen) atoms. The van der Waals surface area contributed by atoms with E-state index in [-0.39, 0.29) is 6.04 Å². The zero-order valence-corrected chi connectivity index (χ0v) is 19.5. The number of rotatable bonds is 6. The van der Waals surface area contributed by atoms with Crippen LogP contribution in [0, 0.1) is 0 Å². The summed E-state index contributed by atoms with van der Waals surface area (Å²) in [5.74, 6) is 0. The second-order valence-corrected chi connectivity index (χ2v) is 15.3. The topological polar surface area (TPSA) is 59.0 Å². The molecule has 0 aromatic carbocycles. The lowest BCUT2D eigenvalue weighted by molar-refractivity contribution is -0.0868. The summed E-state index contributed by atoms with van der Waals surface area (Å²) < 4.78 is 12.2. The van der Waals surface area contributed by atoms with Crippen LogP contribution in [0.4, 0.5) is 4.79 Å². The van der Waals surface area contributed by atoms with Gasteiger partial charge in [-0.25, -0.2) is 4.79 Å². The standard InChI is InChI=1S/C20H41NO4Si/c1-14(2)26(15(3)4,16(5)6)24-13-17-11-12-20(10,23)21(17)18(22)25-19(7,8)9/h14-17,23H,11-13H2,1-10H3. The number of hydrogen-bond donors (Lipinski definition) is 1. The van der Waals surface area contributed by atoms with Crippen LogP contribution in [-0.2, 0) is 9.16 Å². The fourth-order valence-electron chi connectivity index (χ4n) is 4.64. The predicted octanol–water partition coefficient (Wildman–Crippen LogP) is 5.29. The molecule has 0 bridgehead atoms. The molecule has 1 N–H and O–H groups in total. The molecule has 1 amide bonds. The van der Waals surface area contributed by atoms with E-state index in [1.807, 2.05) is 20.8 Å². The van der Waals surface area contributed by atoms with Gasteiger partial charge in [-0.05, 0) is 57.2 Å². The molecular formula is C20H41NO4Si. The molecule has 2 unspecified atom stereocenters. The van der Waals surface area contributed by atoms with E-state index in [4.69, 9.17) is 9.16 Å². The summed E-state index contributed by atoms with van der Waals surface area (Å²) >= 11 is 0. The van der Waals surface area contributed by atoms with Crippen molar-refractivity contribution in [2.45, 2.75) is 116 Å². The summed E-state index contributed by atoms with van der Waals surface area (Å²) in [5, 5.41) is 10.7. The Morgan fingerprint density at radius 3 is 2.00 bits per heavy atom. The van der Waals surface area contributed by atoms with E-state index in [2.05, 4.69) is 41.5 Å². The SMILES string of the molecule is CC(C)[Si](OCC1CCC(C)(O)N1C(=O)OC(C)(C)C)(C(C)C)C(C)C. The van der Waals surface area contributed by atoms with Crippen molar-refractivity contribution >= 4 is 14.4 Å². The van der Waals surface area contributed by atoms with Crippen molar-refractivity contribution in [1.82, 2.24) is 4.90 Å². The van der Waals surface area contributed by atoms with Gasteiger partial charge in [0.2, 0.25) is 0 Å². The van der Waals surface area contributed by atoms with Gasteiger partial charge in [0.1, 0.15) is 11.3 Å². The van der Waals surface area contributed by atoms with Crippen molar-refractivity contribution < 1.29 is 19.1 Å². The maximum atomic E-state index is 12.7. The van der Waals surface area contributed by atoms with Crippen molar-refractivity contribution in [3.63, 3.8) is 0 Å². The first-order valence-electron chi connectivity index (χ1n) is 10.0. The van der Waals surface area contributed by atoms with Crippen molar-refractivity contribution in [3.8, 4) is 0 Å². The number of hydrogen-bond acceptors (Lipinski definition) is 4. The summed E-state index contributed by atoms with van der Waals surface area (Å²) in [4.78, 5) is 14.2. The van der Waals surface area contributed by atoms with E-state index in [1.165, 1.54) is 4.90 Å². The molecule has 0 aliphatic carbocycles. The highest BCUT2D eigenvalue weighted by atomic mass is 28.4. The molecule has 2 atom stereocenters. The summed E-state index contributed by atoms with van der Waals surface area (Å²) in [6.45, 7) is 21.2. The molecular weight excluding hydrogens is 346 g/mol. The average Bonchev–Trinajstić information content (AvgIpc) is 2.71. The number of amides is 1. The van der Waals surface area contributed by atoms with Gasteiger partial charge in [-0.1, -0.05) is 41.5 Å². The Hall–Kier alpha value is -0.593. The van der Waals surface area contributed by atoms with Crippen LogP contribution in [-0.4, -0.2) is 48.4 Å². The third kappa shape index (κ3) is 5.02. The van der Waals surface area contributed by atoms with E-state index < -0.39 is 25.7 Å². The highest BCUT2D eigenvalue weighted by molar-refractivity contribution is 6.77. The van der Waals surface area contributed by atoms with Crippen molar-refractivity contribution in [2.24, 2.45) is 0 Å². The van der Waals surface area contributed by atoms with Gasteiger partial charge in [0.05, 0.1) is 12.6 Å². The van der Waals surface area contributed by atoms with E-state index >= 15 is 0 Å². The lowest BCUT2D eigenvalue weighted by atomic mass is 10.2. The van der Waals surface area contributed by atoms with E-state index in [0.29, 0.717) is 29.7 Å². The van der Waals surface area contributed by atoms with Gasteiger partial charge in [0, 0.05) is 0 Å². The minimum atomic E-state index is -2.01. The van der Waals surface area contributed by atoms with Crippen molar-refractivity contribution in [3.05, 3.63) is 0 Å². The highest BCUT2D eigenvalue weighted by Crippen LogP contribution is 2.43. The van der Waals surface area contributed by atoms with Crippen LogP contribution >= 0.6 is 0 Å². The summed E-state index contributed by atoms with van der Waals surface area (Å²) in [7, 11) is -2.01. The second-order valence-electron chi connectivity index (χ2n) is 9.89. The summed E-state index contributed by atoms with van der Waals surface area (Å²) in [6, 6.07) is -0.150. The number of likely N-dealkylation sites (tertiary alicyclic amines) is 1. The molecule has 1 aliphatic rings. The molecule has 0 spiro atoms. The highest BCUT2D eigenvalue weighted by Gasteiger charge is 2.49. The lowest BCUT2D eigenvalue weighted by Gasteiger charge is -2.44. The molecule has 1 heterocycles. The quantitative estimate of drug-likeness (QED) is 0.629. The van der Waals surface area contributed by atoms with Crippen molar-refractivity contribution in [1.29, 1.82) is 0 Å². The van der Waals surface area contributed by atoms with Crippen LogP contribution in [0.2, 0.25) is 16.6 Å². The molecule has 0 saturated carbocycles. The molecule has 0 aromatic rings. The average molecular weight is 388 g/mol. The Morgan fingerprint density at radius 1 is 1.15 bits per heavy atom. The minimum Gasteiger partial charge on any atom is -0.444 e. The maximum absolute atomic E-state index is 12.7. The van der Waals surface area contributed by atoms with Crippen LogP contribution in [0.1, 0.15) is 82.1 Å². The molecule has 1 saturated heterocycles. The van der Waals surface area contributed by atoms with Gasteiger partial charge in [-0.3, -0.25) is 4.90 Å². The Balaban J connectivity index is 3.01. The summed E-state index contributed by atoms with van der Waals surface area (Å²) in [6.07, 6.45) is 0.810. The first-order valence-corrected chi connectivity index (χ1v) is 12.2. The number of nitrogens with zero attached hydrogens (tertiary/aromatic N) is 1. The Kier molecular flexibility index (Phi) is 7.39. The Bertz CT molecular complexity index is 461. The molecule has 0 aromatic heterocycles. The number of aliphatic hydroxyl groups is 1. The van der Waals surface area contributed by atoms with Crippen LogP contribution in [0.25, 0.3) is 0 Å². The maximum Gasteiger partial charge on any atom is 0.412 e. The lowest BCUT2D eigenvalue weighted by Crippen LogP contribution is -2.54. The number of carbonyl (C=O) groups excluding carboxylic acids is 1. The Morgan fingerprint density at radius 2 is 1.62 bits per heavy atom. The molecule has 6 heteroatoms. The third-order valence-electron chi connectivity index (χ3n) is 5.66. The minimum absolute atomic E-state index is 0.150. The van der Waals surface area contributed by atoms with Gasteiger partial charge >= 0.3 is 6.09 Å². The van der Waals surface area contributed by atoms with Crippen LogP contribution in [0.3, 0.4) is 0 Å². The number of ether oxygens (including phenoxy) is 1. The third-order valence-corrected chi connectivity index (χ3v) is 11.7. The van der Waals surface area contributed by atoms with Crippen LogP contribution < -0.4 is 0 Å². The molecule has 1 fully saturated rings. The van der Waals surface area contributed by atoms with E-state index in [1.54, 1.807) is 6.92 Å². The van der Waals surface area contributed by atoms with Gasteiger partial charge < -0.3 is 14.3 Å². The molecule has 154 valence electrons. The largest absolute Gasteiger partial charge is 0.444 e. The first-order chi connectivity index (χ1) is 11.6. The molecule has 1 aliphatic heterocycles. The summed E-state index contributed by atoms with van der Waals surface area (Å²) in [5.41, 5.74) is -0.320. The normalized spacial score (nSPS) is 24.8. The number of carbonyl (C=O) groups is 1. The fraction of sp³-hybridized carbons (Fsp3) is 0.950.